The van der Waals surface area contributed by atoms with E-state index < -0.39 is 10.0 Å². The molecule has 0 aliphatic carbocycles. The molecule has 0 radical (unpaired) electrons. The molecule has 0 aromatic carbocycles. The normalized spacial score (nSPS) is 19.1. The molecular weight excluding hydrogens is 244 g/mol. The van der Waals surface area contributed by atoms with Crippen molar-refractivity contribution in [3.63, 3.8) is 0 Å². The molecule has 1 saturated heterocycles. The third kappa shape index (κ3) is 2.43. The standard InChI is InChI=1S/C9H16N4O3S/c1-12-7-8(9(10)11-12)17(14,15)13-3-2-5-16-6-4-13/h7H,2-6H2,1H3,(H2,10,11). The van der Waals surface area contributed by atoms with Crippen molar-refractivity contribution in [2.24, 2.45) is 7.05 Å². The van der Waals surface area contributed by atoms with E-state index in [1.165, 1.54) is 15.2 Å². The molecule has 2 heterocycles. The number of nitrogens with zero attached hydrogens (tertiary/aromatic N) is 3. The van der Waals surface area contributed by atoms with Crippen LogP contribution in [0.5, 0.6) is 0 Å². The highest BCUT2D eigenvalue weighted by atomic mass is 32.2. The Labute approximate surface area is 100 Å². The van der Waals surface area contributed by atoms with E-state index in [1.54, 1.807) is 7.05 Å². The summed E-state index contributed by atoms with van der Waals surface area (Å²) in [4.78, 5) is 0.0712. The Morgan fingerprint density at radius 1 is 1.41 bits per heavy atom. The van der Waals surface area contributed by atoms with Crippen molar-refractivity contribution < 1.29 is 13.2 Å². The van der Waals surface area contributed by atoms with Gasteiger partial charge in [0.1, 0.15) is 4.90 Å². The van der Waals surface area contributed by atoms with Gasteiger partial charge in [-0.3, -0.25) is 4.68 Å². The maximum atomic E-state index is 12.3. The van der Waals surface area contributed by atoms with E-state index in [0.29, 0.717) is 32.7 Å². The molecule has 96 valence electrons. The molecule has 1 aliphatic rings. The molecule has 1 aromatic rings. The van der Waals surface area contributed by atoms with Gasteiger partial charge in [0.05, 0.1) is 6.61 Å². The Morgan fingerprint density at radius 2 is 2.18 bits per heavy atom. The predicted octanol–water partition coefficient (Wildman–Crippen LogP) is -0.587. The average molecular weight is 260 g/mol. The lowest BCUT2D eigenvalue weighted by Crippen LogP contribution is -2.33. The summed E-state index contributed by atoms with van der Waals surface area (Å²) in [5.41, 5.74) is 5.60. The van der Waals surface area contributed by atoms with E-state index in [-0.39, 0.29) is 10.7 Å². The molecule has 1 aromatic heterocycles. The second kappa shape index (κ2) is 4.63. The van der Waals surface area contributed by atoms with E-state index >= 15 is 0 Å². The number of rotatable bonds is 2. The third-order valence-corrected chi connectivity index (χ3v) is 4.54. The van der Waals surface area contributed by atoms with Crippen LogP contribution >= 0.6 is 0 Å². The Morgan fingerprint density at radius 3 is 2.82 bits per heavy atom. The van der Waals surface area contributed by atoms with Crippen molar-refractivity contribution in [1.82, 2.24) is 14.1 Å². The van der Waals surface area contributed by atoms with Gasteiger partial charge in [-0.25, -0.2) is 8.42 Å². The second-order valence-corrected chi connectivity index (χ2v) is 5.83. The molecule has 0 bridgehead atoms. The predicted molar refractivity (Wildman–Crippen MR) is 61.8 cm³/mol. The molecule has 0 atom stereocenters. The van der Waals surface area contributed by atoms with Crippen LogP contribution in [0.4, 0.5) is 5.82 Å². The number of hydrogen-bond acceptors (Lipinski definition) is 5. The van der Waals surface area contributed by atoms with Gasteiger partial charge in [0.2, 0.25) is 10.0 Å². The number of nitrogens with two attached hydrogens (primary N) is 1. The van der Waals surface area contributed by atoms with Gasteiger partial charge >= 0.3 is 0 Å². The van der Waals surface area contributed by atoms with Crippen LogP contribution in [0.3, 0.4) is 0 Å². The monoisotopic (exact) mass is 260 g/mol. The van der Waals surface area contributed by atoms with Gasteiger partial charge in [-0.05, 0) is 6.42 Å². The molecular formula is C9H16N4O3S. The highest BCUT2D eigenvalue weighted by Crippen LogP contribution is 2.21. The number of aryl methyl sites for hydroxylation is 1. The summed E-state index contributed by atoms with van der Waals surface area (Å²) in [6.45, 7) is 1.82. The molecule has 2 rings (SSSR count). The van der Waals surface area contributed by atoms with E-state index in [0.717, 1.165) is 0 Å². The zero-order valence-electron chi connectivity index (χ0n) is 9.66. The summed E-state index contributed by atoms with van der Waals surface area (Å²) in [5.74, 6) is 0.0395. The summed E-state index contributed by atoms with van der Waals surface area (Å²) in [6.07, 6.45) is 2.12. The highest BCUT2D eigenvalue weighted by Gasteiger charge is 2.28. The molecule has 0 amide bonds. The number of anilines is 1. The summed E-state index contributed by atoms with van der Waals surface area (Å²) < 4.78 is 32.7. The maximum Gasteiger partial charge on any atom is 0.248 e. The van der Waals surface area contributed by atoms with Crippen LogP contribution in [0.1, 0.15) is 6.42 Å². The lowest BCUT2D eigenvalue weighted by atomic mass is 10.5. The minimum atomic E-state index is -3.55. The smallest absolute Gasteiger partial charge is 0.248 e. The van der Waals surface area contributed by atoms with Gasteiger partial charge in [-0.2, -0.15) is 9.40 Å². The Balaban J connectivity index is 2.31. The molecule has 2 N–H and O–H groups in total. The summed E-state index contributed by atoms with van der Waals surface area (Å²) >= 11 is 0. The van der Waals surface area contributed by atoms with Crippen molar-refractivity contribution in [2.45, 2.75) is 11.3 Å². The van der Waals surface area contributed by atoms with Gasteiger partial charge in [0.15, 0.2) is 5.82 Å². The van der Waals surface area contributed by atoms with Crippen LogP contribution in [-0.2, 0) is 21.8 Å². The summed E-state index contributed by atoms with van der Waals surface area (Å²) in [7, 11) is -1.91. The Hall–Kier alpha value is -1.12. The van der Waals surface area contributed by atoms with Gasteiger partial charge in [-0.1, -0.05) is 0 Å². The fraction of sp³-hybridized carbons (Fsp3) is 0.667. The van der Waals surface area contributed by atoms with Crippen molar-refractivity contribution in [2.75, 3.05) is 32.0 Å². The fourth-order valence-electron chi connectivity index (χ4n) is 1.79. The first kappa shape index (κ1) is 12.3. The quantitative estimate of drug-likeness (QED) is 0.767. The largest absolute Gasteiger partial charge is 0.381 e. The highest BCUT2D eigenvalue weighted by molar-refractivity contribution is 7.89. The van der Waals surface area contributed by atoms with Gasteiger partial charge in [0, 0.05) is 32.9 Å². The van der Waals surface area contributed by atoms with Gasteiger partial charge in [-0.15, -0.1) is 0 Å². The number of hydrogen-bond donors (Lipinski definition) is 1. The van der Waals surface area contributed by atoms with E-state index in [9.17, 15) is 8.42 Å². The molecule has 0 saturated carbocycles. The molecule has 1 aliphatic heterocycles. The Bertz CT molecular complexity index is 488. The first-order chi connectivity index (χ1) is 8.01. The summed E-state index contributed by atoms with van der Waals surface area (Å²) in [5, 5.41) is 3.85. The van der Waals surface area contributed by atoms with E-state index in [1.807, 2.05) is 0 Å². The van der Waals surface area contributed by atoms with Crippen LogP contribution < -0.4 is 5.73 Å². The zero-order chi connectivity index (χ0) is 12.5. The SMILES string of the molecule is Cn1cc(S(=O)(=O)N2CCCOCC2)c(N)n1. The molecule has 0 spiro atoms. The number of sulfonamides is 1. The first-order valence-corrected chi connectivity index (χ1v) is 6.83. The van der Waals surface area contributed by atoms with Gasteiger partial charge < -0.3 is 10.5 Å². The van der Waals surface area contributed by atoms with E-state index in [4.69, 9.17) is 10.5 Å². The topological polar surface area (TPSA) is 90.5 Å². The van der Waals surface area contributed by atoms with Crippen LogP contribution in [0, 0.1) is 0 Å². The van der Waals surface area contributed by atoms with Crippen molar-refractivity contribution in [3.05, 3.63) is 6.20 Å². The maximum absolute atomic E-state index is 12.3. The molecule has 17 heavy (non-hydrogen) atoms. The average Bonchev–Trinajstić information content (AvgIpc) is 2.52. The Kier molecular flexibility index (Phi) is 3.36. The minimum Gasteiger partial charge on any atom is -0.381 e. The lowest BCUT2D eigenvalue weighted by molar-refractivity contribution is 0.148. The second-order valence-electron chi connectivity index (χ2n) is 3.92. The number of nitrogen functional groups attached to an aromatic ring is 1. The van der Waals surface area contributed by atoms with Crippen LogP contribution in [0.2, 0.25) is 0 Å². The minimum absolute atomic E-state index is 0.0395. The lowest BCUT2D eigenvalue weighted by Gasteiger charge is -2.18. The van der Waals surface area contributed by atoms with Crippen LogP contribution in [0.25, 0.3) is 0 Å². The van der Waals surface area contributed by atoms with E-state index in [2.05, 4.69) is 5.10 Å². The fourth-order valence-corrected chi connectivity index (χ4v) is 3.34. The zero-order valence-corrected chi connectivity index (χ0v) is 10.5. The first-order valence-electron chi connectivity index (χ1n) is 5.39. The third-order valence-electron chi connectivity index (χ3n) is 2.62. The van der Waals surface area contributed by atoms with Crippen LogP contribution in [-0.4, -0.2) is 48.8 Å². The summed E-state index contributed by atoms with van der Waals surface area (Å²) in [6, 6.07) is 0. The number of ether oxygens (including phenoxy) is 1. The molecule has 8 heteroatoms. The molecule has 1 fully saturated rings. The molecule has 7 nitrogen and oxygen atoms in total. The molecule has 0 unspecified atom stereocenters. The number of aromatic nitrogens is 2. The van der Waals surface area contributed by atoms with Crippen molar-refractivity contribution in [3.8, 4) is 0 Å². The van der Waals surface area contributed by atoms with Gasteiger partial charge in [0.25, 0.3) is 0 Å². The van der Waals surface area contributed by atoms with Crippen LogP contribution in [0.15, 0.2) is 11.1 Å². The van der Waals surface area contributed by atoms with Crippen molar-refractivity contribution in [1.29, 1.82) is 0 Å². The van der Waals surface area contributed by atoms with Crippen molar-refractivity contribution >= 4 is 15.8 Å².